The molecule has 0 fully saturated rings. The minimum absolute atomic E-state index is 0.284. The molecule has 0 unspecified atom stereocenters. The van der Waals surface area contributed by atoms with Gasteiger partial charge in [-0.2, -0.15) is 0 Å². The molecule has 0 aliphatic rings. The van der Waals surface area contributed by atoms with Crippen molar-refractivity contribution in [3.63, 3.8) is 0 Å². The summed E-state index contributed by atoms with van der Waals surface area (Å²) in [4.78, 5) is 3.58. The lowest BCUT2D eigenvalue weighted by Gasteiger charge is -2.15. The van der Waals surface area contributed by atoms with Gasteiger partial charge in [0.15, 0.2) is 0 Å². The molecule has 90 valence electrons. The second-order valence-corrected chi connectivity index (χ2v) is 4.86. The van der Waals surface area contributed by atoms with Crippen molar-refractivity contribution < 1.29 is 5.11 Å². The van der Waals surface area contributed by atoms with Crippen molar-refractivity contribution in [1.29, 1.82) is 0 Å². The van der Waals surface area contributed by atoms with E-state index in [1.165, 1.54) is 10.5 Å². The summed E-state index contributed by atoms with van der Waals surface area (Å²) in [5, 5.41) is 8.73. The summed E-state index contributed by atoms with van der Waals surface area (Å²) in [6.07, 6.45) is 4.04. The molecule has 0 amide bonds. The van der Waals surface area contributed by atoms with Crippen molar-refractivity contribution in [3.8, 4) is 0 Å². The Hall–Kier alpha value is -0.510. The van der Waals surface area contributed by atoms with Crippen LogP contribution in [0.2, 0.25) is 0 Å². The van der Waals surface area contributed by atoms with Crippen LogP contribution < -0.4 is 0 Å². The highest BCUT2D eigenvalue weighted by atomic mass is 32.2. The standard InChI is InChI=1S/C13H21NOS/c1-14(9-3-11-15)10-8-12-4-6-13(16-2)7-5-12/h4-7,15H,3,8-11H2,1-2H3. The van der Waals surface area contributed by atoms with Gasteiger partial charge in [0.05, 0.1) is 0 Å². The zero-order valence-corrected chi connectivity index (χ0v) is 11.0. The van der Waals surface area contributed by atoms with Crippen LogP contribution in [-0.4, -0.2) is 43.0 Å². The van der Waals surface area contributed by atoms with Gasteiger partial charge in [0.25, 0.3) is 0 Å². The number of aliphatic hydroxyl groups is 1. The van der Waals surface area contributed by atoms with Crippen LogP contribution in [0, 0.1) is 0 Å². The number of nitrogens with zero attached hydrogens (tertiary/aromatic N) is 1. The minimum Gasteiger partial charge on any atom is -0.396 e. The Kier molecular flexibility index (Phi) is 6.53. The van der Waals surface area contributed by atoms with E-state index in [9.17, 15) is 0 Å². The van der Waals surface area contributed by atoms with Gasteiger partial charge in [0.1, 0.15) is 0 Å². The smallest absolute Gasteiger partial charge is 0.0443 e. The summed E-state index contributed by atoms with van der Waals surface area (Å²) in [7, 11) is 2.10. The van der Waals surface area contributed by atoms with Gasteiger partial charge in [-0.3, -0.25) is 0 Å². The fourth-order valence-corrected chi connectivity index (χ4v) is 1.97. The van der Waals surface area contributed by atoms with Gasteiger partial charge in [-0.15, -0.1) is 11.8 Å². The van der Waals surface area contributed by atoms with Crippen LogP contribution in [0.4, 0.5) is 0 Å². The highest BCUT2D eigenvalue weighted by Gasteiger charge is 1.99. The van der Waals surface area contributed by atoms with Crippen LogP contribution in [0.3, 0.4) is 0 Å². The minimum atomic E-state index is 0.284. The van der Waals surface area contributed by atoms with Gasteiger partial charge in [-0.1, -0.05) is 12.1 Å². The average molecular weight is 239 g/mol. The molecule has 1 N–H and O–H groups in total. The van der Waals surface area contributed by atoms with Crippen LogP contribution in [0.1, 0.15) is 12.0 Å². The molecule has 2 nitrogen and oxygen atoms in total. The number of benzene rings is 1. The van der Waals surface area contributed by atoms with E-state index in [-0.39, 0.29) is 6.61 Å². The maximum atomic E-state index is 8.73. The summed E-state index contributed by atoms with van der Waals surface area (Å²) in [6, 6.07) is 8.75. The number of hydrogen-bond acceptors (Lipinski definition) is 3. The Morgan fingerprint density at radius 3 is 2.44 bits per heavy atom. The van der Waals surface area contributed by atoms with Crippen molar-refractivity contribution in [3.05, 3.63) is 29.8 Å². The van der Waals surface area contributed by atoms with Crippen LogP contribution in [0.5, 0.6) is 0 Å². The zero-order valence-electron chi connectivity index (χ0n) is 10.1. The quantitative estimate of drug-likeness (QED) is 0.738. The molecule has 0 saturated carbocycles. The molecule has 1 rings (SSSR count). The van der Waals surface area contributed by atoms with Crippen molar-refractivity contribution >= 4 is 11.8 Å². The monoisotopic (exact) mass is 239 g/mol. The normalized spacial score (nSPS) is 11.0. The molecule has 0 saturated heterocycles. The van der Waals surface area contributed by atoms with E-state index in [0.717, 1.165) is 25.9 Å². The fraction of sp³-hybridized carbons (Fsp3) is 0.538. The molecule has 0 aliphatic heterocycles. The topological polar surface area (TPSA) is 23.5 Å². The molecule has 3 heteroatoms. The lowest BCUT2D eigenvalue weighted by molar-refractivity contribution is 0.248. The first-order valence-corrected chi connectivity index (χ1v) is 6.91. The molecule has 0 radical (unpaired) electrons. The van der Waals surface area contributed by atoms with Crippen molar-refractivity contribution in [2.75, 3.05) is 33.0 Å². The van der Waals surface area contributed by atoms with E-state index in [1.807, 2.05) is 0 Å². The molecule has 0 atom stereocenters. The lowest BCUT2D eigenvalue weighted by Crippen LogP contribution is -2.23. The first kappa shape index (κ1) is 13.6. The van der Waals surface area contributed by atoms with Crippen molar-refractivity contribution in [1.82, 2.24) is 4.90 Å². The van der Waals surface area contributed by atoms with E-state index in [2.05, 4.69) is 42.5 Å². The molecule has 1 aromatic carbocycles. The van der Waals surface area contributed by atoms with Gasteiger partial charge in [-0.25, -0.2) is 0 Å². The zero-order chi connectivity index (χ0) is 11.8. The third-order valence-corrected chi connectivity index (χ3v) is 3.38. The Labute approximate surface area is 103 Å². The predicted octanol–water partition coefficient (Wildman–Crippen LogP) is 2.27. The second kappa shape index (κ2) is 7.71. The Balaban J connectivity index is 2.30. The number of hydrogen-bond donors (Lipinski definition) is 1. The summed E-state index contributed by atoms with van der Waals surface area (Å²) in [6.45, 7) is 2.31. The SMILES string of the molecule is CSc1ccc(CCN(C)CCCO)cc1. The van der Waals surface area contributed by atoms with Crippen LogP contribution in [-0.2, 0) is 6.42 Å². The summed E-state index contributed by atoms with van der Waals surface area (Å²) in [5.41, 5.74) is 1.38. The third-order valence-electron chi connectivity index (χ3n) is 2.64. The molecule has 16 heavy (non-hydrogen) atoms. The highest BCUT2D eigenvalue weighted by Crippen LogP contribution is 2.15. The van der Waals surface area contributed by atoms with Crippen molar-refractivity contribution in [2.45, 2.75) is 17.7 Å². The summed E-state index contributed by atoms with van der Waals surface area (Å²) >= 11 is 1.77. The number of thioether (sulfide) groups is 1. The Bertz CT molecular complexity index is 286. The van der Waals surface area contributed by atoms with Gasteiger partial charge in [0.2, 0.25) is 0 Å². The van der Waals surface area contributed by atoms with Gasteiger partial charge < -0.3 is 10.0 Å². The molecular weight excluding hydrogens is 218 g/mol. The summed E-state index contributed by atoms with van der Waals surface area (Å²) < 4.78 is 0. The molecule has 0 heterocycles. The van der Waals surface area contributed by atoms with E-state index in [0.29, 0.717) is 0 Å². The fourth-order valence-electron chi connectivity index (χ4n) is 1.56. The molecule has 0 bridgehead atoms. The predicted molar refractivity (Wildman–Crippen MR) is 71.1 cm³/mol. The number of likely N-dealkylation sites (N-methyl/N-ethyl adjacent to an activating group) is 1. The van der Waals surface area contributed by atoms with Crippen molar-refractivity contribution in [2.24, 2.45) is 0 Å². The van der Waals surface area contributed by atoms with E-state index in [1.54, 1.807) is 11.8 Å². The van der Waals surface area contributed by atoms with Gasteiger partial charge >= 0.3 is 0 Å². The molecule has 1 aromatic rings. The molecule has 0 aromatic heterocycles. The van der Waals surface area contributed by atoms with Gasteiger partial charge in [-0.05, 0) is 43.8 Å². The number of aliphatic hydroxyl groups excluding tert-OH is 1. The first-order valence-electron chi connectivity index (χ1n) is 5.68. The Morgan fingerprint density at radius 1 is 1.19 bits per heavy atom. The second-order valence-electron chi connectivity index (χ2n) is 3.98. The van der Waals surface area contributed by atoms with E-state index >= 15 is 0 Å². The maximum Gasteiger partial charge on any atom is 0.0443 e. The summed E-state index contributed by atoms with van der Waals surface area (Å²) in [5.74, 6) is 0. The highest BCUT2D eigenvalue weighted by molar-refractivity contribution is 7.98. The van der Waals surface area contributed by atoms with E-state index in [4.69, 9.17) is 5.11 Å². The lowest BCUT2D eigenvalue weighted by atomic mass is 10.1. The number of rotatable bonds is 7. The van der Waals surface area contributed by atoms with Gasteiger partial charge in [0, 0.05) is 24.6 Å². The first-order chi connectivity index (χ1) is 7.76. The molecular formula is C13H21NOS. The van der Waals surface area contributed by atoms with Crippen LogP contribution in [0.25, 0.3) is 0 Å². The largest absolute Gasteiger partial charge is 0.396 e. The third kappa shape index (κ3) is 5.01. The molecule has 0 aliphatic carbocycles. The molecule has 0 spiro atoms. The average Bonchev–Trinajstić information content (AvgIpc) is 2.34. The van der Waals surface area contributed by atoms with Crippen LogP contribution >= 0.6 is 11.8 Å². The Morgan fingerprint density at radius 2 is 1.88 bits per heavy atom. The van der Waals surface area contributed by atoms with Crippen LogP contribution in [0.15, 0.2) is 29.2 Å². The van der Waals surface area contributed by atoms with E-state index < -0.39 is 0 Å². The maximum absolute atomic E-state index is 8.73.